The number of anilines is 1. The van der Waals surface area contributed by atoms with E-state index in [0.29, 0.717) is 0 Å². The molecule has 3 aromatic carbocycles. The van der Waals surface area contributed by atoms with E-state index < -0.39 is 23.8 Å². The first-order chi connectivity index (χ1) is 15.9. The topological polar surface area (TPSA) is 105 Å². The van der Waals surface area contributed by atoms with Crippen LogP contribution in [0.4, 0.5) is 14.9 Å². The van der Waals surface area contributed by atoms with Crippen molar-refractivity contribution in [1.29, 1.82) is 0 Å². The molecule has 0 radical (unpaired) electrons. The van der Waals surface area contributed by atoms with Crippen LogP contribution >= 0.6 is 0 Å². The second-order valence-corrected chi connectivity index (χ2v) is 7.54. The molecule has 4 rings (SSSR count). The number of amides is 2. The van der Waals surface area contributed by atoms with Gasteiger partial charge in [-0.25, -0.2) is 9.18 Å². The van der Waals surface area contributed by atoms with Crippen LogP contribution in [0.5, 0.6) is 0 Å². The van der Waals surface area contributed by atoms with E-state index in [1.165, 1.54) is 12.1 Å². The van der Waals surface area contributed by atoms with Gasteiger partial charge in [0.15, 0.2) is 0 Å². The van der Waals surface area contributed by atoms with E-state index >= 15 is 0 Å². The highest BCUT2D eigenvalue weighted by Crippen LogP contribution is 2.44. The predicted molar refractivity (Wildman–Crippen MR) is 120 cm³/mol. The number of carbonyl (C=O) groups is 3. The normalized spacial score (nSPS) is 11.9. The maximum atomic E-state index is 14.1. The van der Waals surface area contributed by atoms with Crippen molar-refractivity contribution in [3.63, 3.8) is 0 Å². The number of carboxylic acid groups (broad SMARTS) is 1. The summed E-state index contributed by atoms with van der Waals surface area (Å²) in [7, 11) is 0. The summed E-state index contributed by atoms with van der Waals surface area (Å²) in [5.41, 5.74) is 4.24. The zero-order chi connectivity index (χ0) is 23.4. The summed E-state index contributed by atoms with van der Waals surface area (Å²) >= 11 is 0. The summed E-state index contributed by atoms with van der Waals surface area (Å²) in [6.45, 7) is -0.0266. The molecule has 0 bridgehead atoms. The van der Waals surface area contributed by atoms with E-state index in [1.54, 1.807) is 0 Å². The number of nitrogens with one attached hydrogen (secondary N) is 2. The monoisotopic (exact) mass is 448 g/mol. The van der Waals surface area contributed by atoms with Crippen molar-refractivity contribution in [2.75, 3.05) is 18.5 Å². The average molecular weight is 448 g/mol. The maximum absolute atomic E-state index is 14.1. The summed E-state index contributed by atoms with van der Waals surface area (Å²) in [5.74, 6) is -2.75. The molecular formula is C25H21FN2O5. The number of aliphatic carboxylic acids is 1. The molecule has 0 saturated heterocycles. The minimum absolute atomic E-state index is 0.105. The predicted octanol–water partition coefficient (Wildman–Crippen LogP) is 4.39. The highest BCUT2D eigenvalue weighted by molar-refractivity contribution is 5.96. The number of fused-ring (bicyclic) bond motifs is 3. The Hall–Kier alpha value is -4.20. The first-order valence-corrected chi connectivity index (χ1v) is 10.4. The van der Waals surface area contributed by atoms with E-state index in [2.05, 4.69) is 10.6 Å². The minimum Gasteiger partial charge on any atom is -0.481 e. The highest BCUT2D eigenvalue weighted by Gasteiger charge is 2.29. The van der Waals surface area contributed by atoms with Gasteiger partial charge in [-0.3, -0.25) is 14.9 Å². The number of rotatable bonds is 7. The van der Waals surface area contributed by atoms with Crippen LogP contribution in [0.3, 0.4) is 0 Å². The smallest absolute Gasteiger partial charge is 0.411 e. The number of halogens is 1. The summed E-state index contributed by atoms with van der Waals surface area (Å²) in [6, 6.07) is 19.4. The Morgan fingerprint density at radius 1 is 0.939 bits per heavy atom. The van der Waals surface area contributed by atoms with E-state index in [0.717, 1.165) is 28.3 Å². The van der Waals surface area contributed by atoms with Crippen LogP contribution in [-0.4, -0.2) is 36.2 Å². The number of benzene rings is 3. The van der Waals surface area contributed by atoms with E-state index in [-0.39, 0.29) is 36.7 Å². The molecule has 0 spiro atoms. The summed E-state index contributed by atoms with van der Waals surface area (Å²) in [4.78, 5) is 35.1. The molecule has 0 heterocycles. The Labute approximate surface area is 189 Å². The third kappa shape index (κ3) is 4.85. The number of hydrogen-bond acceptors (Lipinski definition) is 4. The molecule has 3 aromatic rings. The molecule has 0 atom stereocenters. The second kappa shape index (κ2) is 9.52. The van der Waals surface area contributed by atoms with Crippen LogP contribution in [0.25, 0.3) is 11.1 Å². The molecule has 0 aliphatic heterocycles. The molecule has 0 unspecified atom stereocenters. The van der Waals surface area contributed by atoms with Crippen LogP contribution in [0.2, 0.25) is 0 Å². The summed E-state index contributed by atoms with van der Waals surface area (Å²) < 4.78 is 19.5. The van der Waals surface area contributed by atoms with Gasteiger partial charge in [0.25, 0.3) is 5.91 Å². The van der Waals surface area contributed by atoms with Gasteiger partial charge in [-0.1, -0.05) is 48.5 Å². The minimum atomic E-state index is -1.08. The number of ether oxygens (including phenoxy) is 1. The number of carbonyl (C=O) groups excluding carboxylic acids is 2. The second-order valence-electron chi connectivity index (χ2n) is 7.54. The van der Waals surface area contributed by atoms with Gasteiger partial charge in [0, 0.05) is 18.2 Å². The molecule has 33 heavy (non-hydrogen) atoms. The third-order valence-corrected chi connectivity index (χ3v) is 5.43. The van der Waals surface area contributed by atoms with Crippen molar-refractivity contribution in [1.82, 2.24) is 5.32 Å². The molecule has 1 aliphatic rings. The van der Waals surface area contributed by atoms with Crippen LogP contribution in [0.1, 0.15) is 33.8 Å². The lowest BCUT2D eigenvalue weighted by Gasteiger charge is -2.15. The molecular weight excluding hydrogens is 427 g/mol. The molecule has 0 saturated carbocycles. The van der Waals surface area contributed by atoms with Gasteiger partial charge < -0.3 is 15.2 Å². The van der Waals surface area contributed by atoms with Crippen LogP contribution in [0.15, 0.2) is 66.7 Å². The van der Waals surface area contributed by atoms with Crippen molar-refractivity contribution in [2.24, 2.45) is 0 Å². The molecule has 2 amide bonds. The Balaban J connectivity index is 1.41. The van der Waals surface area contributed by atoms with Gasteiger partial charge in [0.1, 0.15) is 12.4 Å². The van der Waals surface area contributed by atoms with E-state index in [4.69, 9.17) is 9.84 Å². The Morgan fingerprint density at radius 3 is 2.21 bits per heavy atom. The van der Waals surface area contributed by atoms with Gasteiger partial charge in [0.2, 0.25) is 0 Å². The third-order valence-electron chi connectivity index (χ3n) is 5.43. The van der Waals surface area contributed by atoms with E-state index in [1.807, 2.05) is 48.5 Å². The Bertz CT molecular complexity index is 1180. The standard InChI is InChI=1S/C25H21FN2O5/c26-22-10-9-15(13-20(22)24(31)27-12-11-23(29)30)28-25(32)33-14-21-18-7-3-1-5-16(18)17-6-2-4-8-19(17)21/h1-10,13,21H,11-12,14H2,(H,27,31)(H,28,32)(H,29,30). The van der Waals surface area contributed by atoms with Crippen LogP contribution in [-0.2, 0) is 9.53 Å². The molecule has 8 heteroatoms. The highest BCUT2D eigenvalue weighted by atomic mass is 19.1. The fourth-order valence-corrected chi connectivity index (χ4v) is 3.91. The largest absolute Gasteiger partial charge is 0.481 e. The summed E-state index contributed by atoms with van der Waals surface area (Å²) in [5, 5.41) is 13.5. The van der Waals surface area contributed by atoms with Gasteiger partial charge >= 0.3 is 12.1 Å². The van der Waals surface area contributed by atoms with Crippen molar-refractivity contribution in [3.05, 3.63) is 89.2 Å². The molecule has 0 aromatic heterocycles. The van der Waals surface area contributed by atoms with E-state index in [9.17, 15) is 18.8 Å². The van der Waals surface area contributed by atoms with Crippen molar-refractivity contribution >= 4 is 23.7 Å². The fourth-order valence-electron chi connectivity index (χ4n) is 3.91. The van der Waals surface area contributed by atoms with Crippen molar-refractivity contribution < 1.29 is 28.6 Å². The average Bonchev–Trinajstić information content (AvgIpc) is 3.12. The summed E-state index contributed by atoms with van der Waals surface area (Å²) in [6.07, 6.45) is -1.02. The zero-order valence-corrected chi connectivity index (χ0v) is 17.5. The fraction of sp³-hybridized carbons (Fsp3) is 0.160. The molecule has 0 fully saturated rings. The molecule has 3 N–H and O–H groups in total. The Kier molecular flexibility index (Phi) is 6.35. The lowest BCUT2D eigenvalue weighted by Crippen LogP contribution is -2.27. The number of hydrogen-bond donors (Lipinski definition) is 3. The first kappa shape index (κ1) is 22.0. The van der Waals surface area contributed by atoms with Gasteiger partial charge in [-0.2, -0.15) is 0 Å². The zero-order valence-electron chi connectivity index (χ0n) is 17.5. The van der Waals surface area contributed by atoms with Crippen LogP contribution < -0.4 is 10.6 Å². The SMILES string of the molecule is O=C(O)CCNC(=O)c1cc(NC(=O)OCC2c3ccccc3-c3ccccc32)ccc1F. The first-order valence-electron chi connectivity index (χ1n) is 10.4. The Morgan fingerprint density at radius 2 is 1.58 bits per heavy atom. The van der Waals surface area contributed by atoms with Crippen molar-refractivity contribution in [3.8, 4) is 11.1 Å². The maximum Gasteiger partial charge on any atom is 0.411 e. The molecule has 168 valence electrons. The lowest BCUT2D eigenvalue weighted by molar-refractivity contribution is -0.136. The molecule has 7 nitrogen and oxygen atoms in total. The van der Waals surface area contributed by atoms with Gasteiger partial charge in [0.05, 0.1) is 12.0 Å². The van der Waals surface area contributed by atoms with Crippen molar-refractivity contribution in [2.45, 2.75) is 12.3 Å². The van der Waals surface area contributed by atoms with Gasteiger partial charge in [-0.05, 0) is 40.5 Å². The van der Waals surface area contributed by atoms with Gasteiger partial charge in [-0.15, -0.1) is 0 Å². The molecule has 1 aliphatic carbocycles. The quantitative estimate of drug-likeness (QED) is 0.497. The van der Waals surface area contributed by atoms with Crippen LogP contribution in [0, 0.1) is 5.82 Å². The lowest BCUT2D eigenvalue weighted by atomic mass is 9.98. The number of carboxylic acids is 1.